The van der Waals surface area contributed by atoms with Gasteiger partial charge in [0.2, 0.25) is 0 Å². The first-order valence-electron chi connectivity index (χ1n) is 6.24. The summed E-state index contributed by atoms with van der Waals surface area (Å²) in [6.45, 7) is 4.14. The Hall–Kier alpha value is -1.06. The van der Waals surface area contributed by atoms with Crippen molar-refractivity contribution in [1.29, 1.82) is 0 Å². The summed E-state index contributed by atoms with van der Waals surface area (Å²) in [7, 11) is 0. The van der Waals surface area contributed by atoms with Crippen molar-refractivity contribution in [2.45, 2.75) is 26.3 Å². The minimum atomic E-state index is -0.263. The van der Waals surface area contributed by atoms with Gasteiger partial charge in [-0.05, 0) is 48.7 Å². The third-order valence-electron chi connectivity index (χ3n) is 3.05. The van der Waals surface area contributed by atoms with Crippen molar-refractivity contribution in [3.63, 3.8) is 0 Å². The first kappa shape index (κ1) is 15.3. The summed E-state index contributed by atoms with van der Waals surface area (Å²) in [5, 5.41) is 0. The maximum atomic E-state index is 13.7. The molecule has 4 heteroatoms. The van der Waals surface area contributed by atoms with E-state index in [4.69, 9.17) is 16.3 Å². The maximum Gasteiger partial charge on any atom is 0.129 e. The number of halogens is 3. The van der Waals surface area contributed by atoms with Gasteiger partial charge in [-0.2, -0.15) is 0 Å². The zero-order chi connectivity index (χ0) is 14.7. The highest BCUT2D eigenvalue weighted by Gasteiger charge is 2.09. The van der Waals surface area contributed by atoms with Gasteiger partial charge in [0, 0.05) is 15.9 Å². The van der Waals surface area contributed by atoms with Gasteiger partial charge < -0.3 is 4.74 Å². The summed E-state index contributed by atoms with van der Waals surface area (Å²) >= 11 is 9.17. The Morgan fingerprint density at radius 2 is 1.80 bits per heavy atom. The topological polar surface area (TPSA) is 9.23 Å². The SMILES string of the molecule is Cc1cc(CCl)cc(C)c1OCc1cc(Br)ccc1F. The van der Waals surface area contributed by atoms with Crippen LogP contribution in [0.25, 0.3) is 0 Å². The van der Waals surface area contributed by atoms with Gasteiger partial charge in [0.05, 0.1) is 0 Å². The van der Waals surface area contributed by atoms with Gasteiger partial charge in [-0.15, -0.1) is 11.6 Å². The molecular weight excluding hydrogens is 343 g/mol. The zero-order valence-corrected chi connectivity index (χ0v) is 13.7. The van der Waals surface area contributed by atoms with Crippen LogP contribution in [0.2, 0.25) is 0 Å². The third-order valence-corrected chi connectivity index (χ3v) is 3.86. The number of benzene rings is 2. The lowest BCUT2D eigenvalue weighted by Crippen LogP contribution is -2.02. The minimum Gasteiger partial charge on any atom is -0.488 e. The van der Waals surface area contributed by atoms with Gasteiger partial charge >= 0.3 is 0 Å². The molecule has 0 bridgehead atoms. The lowest BCUT2D eigenvalue weighted by Gasteiger charge is -2.14. The lowest BCUT2D eigenvalue weighted by atomic mass is 10.1. The van der Waals surface area contributed by atoms with Crippen molar-refractivity contribution in [3.05, 3.63) is 62.9 Å². The van der Waals surface area contributed by atoms with Gasteiger partial charge in [0.25, 0.3) is 0 Å². The number of hydrogen-bond acceptors (Lipinski definition) is 1. The minimum absolute atomic E-state index is 0.202. The molecule has 0 atom stereocenters. The van der Waals surface area contributed by atoms with Gasteiger partial charge in [-0.3, -0.25) is 0 Å². The Labute approximate surface area is 131 Å². The molecule has 106 valence electrons. The molecule has 0 radical (unpaired) electrons. The van der Waals surface area contributed by atoms with Crippen LogP contribution < -0.4 is 4.74 Å². The lowest BCUT2D eigenvalue weighted by molar-refractivity contribution is 0.295. The Morgan fingerprint density at radius 3 is 2.40 bits per heavy atom. The average Bonchev–Trinajstić information content (AvgIpc) is 2.41. The molecule has 0 fully saturated rings. The zero-order valence-electron chi connectivity index (χ0n) is 11.3. The summed E-state index contributed by atoms with van der Waals surface area (Å²) in [5.74, 6) is 1.00. The molecule has 0 amide bonds. The van der Waals surface area contributed by atoms with E-state index in [1.165, 1.54) is 6.07 Å². The molecule has 0 saturated carbocycles. The molecule has 0 spiro atoms. The molecule has 0 aliphatic heterocycles. The molecule has 2 aromatic carbocycles. The highest BCUT2D eigenvalue weighted by Crippen LogP contribution is 2.27. The molecule has 0 N–H and O–H groups in total. The highest BCUT2D eigenvalue weighted by molar-refractivity contribution is 9.10. The standard InChI is InChI=1S/C16H15BrClFO/c1-10-5-12(8-18)6-11(2)16(10)20-9-13-7-14(17)3-4-15(13)19/h3-7H,8-9H2,1-2H3. The van der Waals surface area contributed by atoms with Crippen LogP contribution >= 0.6 is 27.5 Å². The molecule has 0 aromatic heterocycles. The molecule has 2 aromatic rings. The van der Waals surface area contributed by atoms with Crippen LogP contribution in [-0.2, 0) is 12.5 Å². The third kappa shape index (κ3) is 3.53. The van der Waals surface area contributed by atoms with Crippen molar-refractivity contribution >= 4 is 27.5 Å². The summed E-state index contributed by atoms with van der Waals surface area (Å²) in [6.07, 6.45) is 0. The number of ether oxygens (including phenoxy) is 1. The predicted molar refractivity (Wildman–Crippen MR) is 83.9 cm³/mol. The predicted octanol–water partition coefficient (Wildman–Crippen LogP) is 5.52. The van der Waals surface area contributed by atoms with Crippen LogP contribution in [0.1, 0.15) is 22.3 Å². The van der Waals surface area contributed by atoms with Crippen LogP contribution in [0, 0.1) is 19.7 Å². The summed E-state index contributed by atoms with van der Waals surface area (Å²) in [4.78, 5) is 0. The Balaban J connectivity index is 2.21. The normalized spacial score (nSPS) is 10.7. The molecule has 0 saturated heterocycles. The van der Waals surface area contributed by atoms with Crippen molar-refractivity contribution in [3.8, 4) is 5.75 Å². The summed E-state index contributed by atoms with van der Waals surface area (Å²) in [6, 6.07) is 8.82. The smallest absolute Gasteiger partial charge is 0.129 e. The van der Waals surface area contributed by atoms with Crippen LogP contribution in [0.3, 0.4) is 0 Å². The van der Waals surface area contributed by atoms with Crippen molar-refractivity contribution in [1.82, 2.24) is 0 Å². The number of alkyl halides is 1. The van der Waals surface area contributed by atoms with E-state index in [-0.39, 0.29) is 12.4 Å². The van der Waals surface area contributed by atoms with E-state index in [0.717, 1.165) is 26.9 Å². The summed E-state index contributed by atoms with van der Waals surface area (Å²) in [5.41, 5.74) is 3.61. The van der Waals surface area contributed by atoms with Gasteiger partial charge in [-0.1, -0.05) is 28.1 Å². The van der Waals surface area contributed by atoms with Gasteiger partial charge in [0.1, 0.15) is 18.2 Å². The summed E-state index contributed by atoms with van der Waals surface area (Å²) < 4.78 is 20.3. The van der Waals surface area contributed by atoms with Gasteiger partial charge in [-0.25, -0.2) is 4.39 Å². The quantitative estimate of drug-likeness (QED) is 0.654. The number of aryl methyl sites for hydroxylation is 2. The number of rotatable bonds is 4. The average molecular weight is 358 g/mol. The number of hydrogen-bond donors (Lipinski definition) is 0. The highest BCUT2D eigenvalue weighted by atomic mass is 79.9. The van der Waals surface area contributed by atoms with E-state index in [0.29, 0.717) is 11.4 Å². The monoisotopic (exact) mass is 356 g/mol. The molecule has 0 unspecified atom stereocenters. The second kappa shape index (κ2) is 6.59. The molecule has 0 aliphatic carbocycles. The van der Waals surface area contributed by atoms with E-state index in [1.807, 2.05) is 26.0 Å². The molecule has 20 heavy (non-hydrogen) atoms. The van der Waals surface area contributed by atoms with Gasteiger partial charge in [0.15, 0.2) is 0 Å². The second-order valence-corrected chi connectivity index (χ2v) is 5.90. The Bertz CT molecular complexity index is 605. The molecule has 0 aliphatic rings. The first-order chi connectivity index (χ1) is 9.51. The molecule has 2 rings (SSSR count). The first-order valence-corrected chi connectivity index (χ1v) is 7.57. The van der Waals surface area contributed by atoms with Crippen LogP contribution in [-0.4, -0.2) is 0 Å². The maximum absolute atomic E-state index is 13.7. The van der Waals surface area contributed by atoms with Crippen molar-refractivity contribution in [2.75, 3.05) is 0 Å². The Kier molecular flexibility index (Phi) is 5.06. The molecular formula is C16H15BrClFO. The van der Waals surface area contributed by atoms with Crippen molar-refractivity contribution in [2.24, 2.45) is 0 Å². The van der Waals surface area contributed by atoms with E-state index in [1.54, 1.807) is 12.1 Å². The van der Waals surface area contributed by atoms with E-state index >= 15 is 0 Å². The van der Waals surface area contributed by atoms with E-state index in [9.17, 15) is 4.39 Å². The molecule has 0 heterocycles. The fourth-order valence-corrected chi connectivity index (χ4v) is 2.71. The fraction of sp³-hybridized carbons (Fsp3) is 0.250. The van der Waals surface area contributed by atoms with E-state index in [2.05, 4.69) is 15.9 Å². The van der Waals surface area contributed by atoms with Crippen LogP contribution in [0.4, 0.5) is 4.39 Å². The van der Waals surface area contributed by atoms with Crippen LogP contribution in [0.5, 0.6) is 5.75 Å². The van der Waals surface area contributed by atoms with Crippen molar-refractivity contribution < 1.29 is 9.13 Å². The van der Waals surface area contributed by atoms with Crippen LogP contribution in [0.15, 0.2) is 34.8 Å². The fourth-order valence-electron chi connectivity index (χ4n) is 2.15. The molecule has 1 nitrogen and oxygen atoms in total. The Morgan fingerprint density at radius 1 is 1.15 bits per heavy atom. The second-order valence-electron chi connectivity index (χ2n) is 4.72. The largest absolute Gasteiger partial charge is 0.488 e. The van der Waals surface area contributed by atoms with E-state index < -0.39 is 0 Å².